The van der Waals surface area contributed by atoms with E-state index in [2.05, 4.69) is 10.3 Å². The molecule has 1 N–H and O–H groups in total. The van der Waals surface area contributed by atoms with Crippen LogP contribution in [0.15, 0.2) is 30.5 Å². The maximum atomic E-state index is 12.7. The summed E-state index contributed by atoms with van der Waals surface area (Å²) in [4.78, 5) is 11.5. The van der Waals surface area contributed by atoms with E-state index in [4.69, 9.17) is 4.74 Å². The van der Waals surface area contributed by atoms with E-state index in [9.17, 15) is 18.7 Å². The molecule has 1 saturated heterocycles. The number of alkyl halides is 2. The number of nitrogens with zero attached hydrogens (tertiary/aromatic N) is 3. The van der Waals surface area contributed by atoms with Crippen LogP contribution >= 0.6 is 0 Å². The highest BCUT2D eigenvalue weighted by atomic mass is 19.3. The molecule has 2 heterocycles. The van der Waals surface area contributed by atoms with Crippen LogP contribution in [-0.2, 0) is 22.5 Å². The summed E-state index contributed by atoms with van der Waals surface area (Å²) in [6.07, 6.45) is 0.374. The highest BCUT2D eigenvalue weighted by Crippen LogP contribution is 2.29. The molecule has 0 bridgehead atoms. The molecule has 6 nitrogen and oxygen atoms in total. The van der Waals surface area contributed by atoms with Gasteiger partial charge in [0.1, 0.15) is 0 Å². The molecular weight excluding hydrogens is 320 g/mol. The van der Waals surface area contributed by atoms with Crippen LogP contribution in [0.25, 0.3) is 0 Å². The topological polar surface area (TPSA) is 77.2 Å². The fourth-order valence-corrected chi connectivity index (χ4v) is 2.88. The number of ether oxygens (including phenoxy) is 1. The van der Waals surface area contributed by atoms with Crippen molar-refractivity contribution < 1.29 is 23.4 Å². The van der Waals surface area contributed by atoms with Crippen LogP contribution in [0.5, 0.6) is 0 Å². The van der Waals surface area contributed by atoms with E-state index in [1.54, 1.807) is 18.3 Å². The molecule has 0 spiro atoms. The molecule has 0 radical (unpaired) electrons. The first-order valence-corrected chi connectivity index (χ1v) is 7.62. The minimum atomic E-state index is -2.52. The number of benzene rings is 1. The lowest BCUT2D eigenvalue weighted by Crippen LogP contribution is -2.40. The highest BCUT2D eigenvalue weighted by Gasteiger charge is 2.43. The van der Waals surface area contributed by atoms with Crippen molar-refractivity contribution in [2.75, 3.05) is 6.61 Å². The summed E-state index contributed by atoms with van der Waals surface area (Å²) < 4.78 is 32.4. The maximum absolute atomic E-state index is 12.7. The lowest BCUT2D eigenvalue weighted by molar-refractivity contribution is -0.160. The third-order valence-corrected chi connectivity index (χ3v) is 4.09. The van der Waals surface area contributed by atoms with Crippen LogP contribution in [0.2, 0.25) is 0 Å². The Morgan fingerprint density at radius 1 is 1.46 bits per heavy atom. The standard InChI is InChI=1S/C16H17F2N3O3/c17-14(18)12-4-1-3-11(7-12)9-21-10-13(19-20-21)8-16(15(22)23)5-2-6-24-16/h1,3-4,7,10,14H,2,5-6,8-9H2,(H,22,23). The Hall–Kier alpha value is -2.35. The number of carboxylic acid groups (broad SMARTS) is 1. The molecule has 1 aliphatic heterocycles. The van der Waals surface area contributed by atoms with E-state index < -0.39 is 18.0 Å². The van der Waals surface area contributed by atoms with Gasteiger partial charge in [-0.25, -0.2) is 18.3 Å². The number of rotatable bonds is 6. The summed E-state index contributed by atoms with van der Waals surface area (Å²) >= 11 is 0. The molecule has 8 heteroatoms. The van der Waals surface area contributed by atoms with Crippen LogP contribution in [0.4, 0.5) is 8.78 Å². The van der Waals surface area contributed by atoms with Gasteiger partial charge in [-0.15, -0.1) is 5.10 Å². The van der Waals surface area contributed by atoms with Gasteiger partial charge in [0.05, 0.1) is 12.2 Å². The summed E-state index contributed by atoms with van der Waals surface area (Å²) in [6, 6.07) is 6.09. The van der Waals surface area contributed by atoms with E-state index in [-0.39, 0.29) is 18.5 Å². The molecule has 0 aliphatic carbocycles. The van der Waals surface area contributed by atoms with E-state index in [0.717, 1.165) is 0 Å². The number of aliphatic carboxylic acids is 1. The molecule has 1 fully saturated rings. The van der Waals surface area contributed by atoms with Gasteiger partial charge in [0, 0.05) is 24.8 Å². The quantitative estimate of drug-likeness (QED) is 0.876. The van der Waals surface area contributed by atoms with Gasteiger partial charge in [0.2, 0.25) is 0 Å². The Morgan fingerprint density at radius 3 is 2.96 bits per heavy atom. The van der Waals surface area contributed by atoms with Crippen LogP contribution < -0.4 is 0 Å². The zero-order valence-electron chi connectivity index (χ0n) is 12.9. The van der Waals surface area contributed by atoms with Crippen molar-refractivity contribution in [3.05, 3.63) is 47.3 Å². The lowest BCUT2D eigenvalue weighted by Gasteiger charge is -2.21. The SMILES string of the molecule is O=C(O)C1(Cc2cn(Cc3cccc(C(F)F)c3)nn2)CCCO1. The number of carbonyl (C=O) groups is 1. The zero-order valence-corrected chi connectivity index (χ0v) is 12.9. The van der Waals surface area contributed by atoms with Gasteiger partial charge >= 0.3 is 5.97 Å². The smallest absolute Gasteiger partial charge is 0.336 e. The number of carboxylic acids is 1. The van der Waals surface area contributed by atoms with Gasteiger partial charge in [0.25, 0.3) is 6.43 Å². The molecule has 24 heavy (non-hydrogen) atoms. The van der Waals surface area contributed by atoms with Crippen LogP contribution in [-0.4, -0.2) is 38.3 Å². The van der Waals surface area contributed by atoms with Crippen LogP contribution in [0.1, 0.15) is 36.1 Å². The highest BCUT2D eigenvalue weighted by molar-refractivity contribution is 5.78. The second kappa shape index (κ2) is 6.64. The molecule has 1 atom stereocenters. The van der Waals surface area contributed by atoms with Crippen LogP contribution in [0.3, 0.4) is 0 Å². The fourth-order valence-electron chi connectivity index (χ4n) is 2.88. The maximum Gasteiger partial charge on any atom is 0.336 e. The zero-order chi connectivity index (χ0) is 17.2. The Bertz CT molecular complexity index is 727. The van der Waals surface area contributed by atoms with E-state index in [0.29, 0.717) is 30.7 Å². The van der Waals surface area contributed by atoms with Gasteiger partial charge in [0.15, 0.2) is 5.60 Å². The van der Waals surface area contributed by atoms with Gasteiger partial charge < -0.3 is 9.84 Å². The normalized spacial score (nSPS) is 20.6. The van der Waals surface area contributed by atoms with E-state index in [1.165, 1.54) is 16.8 Å². The van der Waals surface area contributed by atoms with Gasteiger partial charge in [-0.05, 0) is 24.5 Å². The molecule has 1 aromatic carbocycles. The number of halogens is 2. The second-order valence-electron chi connectivity index (χ2n) is 5.88. The van der Waals surface area contributed by atoms with Crippen LogP contribution in [0, 0.1) is 0 Å². The van der Waals surface area contributed by atoms with Crippen molar-refractivity contribution in [2.45, 2.75) is 37.8 Å². The van der Waals surface area contributed by atoms with Gasteiger partial charge in [-0.2, -0.15) is 0 Å². The molecule has 1 aliphatic rings. The summed E-state index contributed by atoms with van der Waals surface area (Å²) in [5.41, 5.74) is -0.105. The average molecular weight is 337 g/mol. The summed E-state index contributed by atoms with van der Waals surface area (Å²) in [5.74, 6) is -1.00. The number of aromatic nitrogens is 3. The molecule has 128 valence electrons. The first kappa shape index (κ1) is 16.5. The number of hydrogen-bond acceptors (Lipinski definition) is 4. The van der Waals surface area contributed by atoms with E-state index in [1.807, 2.05) is 0 Å². The predicted molar refractivity (Wildman–Crippen MR) is 79.8 cm³/mol. The van der Waals surface area contributed by atoms with Gasteiger partial charge in [-0.1, -0.05) is 23.4 Å². The van der Waals surface area contributed by atoms with Crippen molar-refractivity contribution >= 4 is 5.97 Å². The molecule has 2 aromatic rings. The Morgan fingerprint density at radius 2 is 2.29 bits per heavy atom. The van der Waals surface area contributed by atoms with Crippen molar-refractivity contribution in [3.8, 4) is 0 Å². The summed E-state index contributed by atoms with van der Waals surface area (Å²) in [5, 5.41) is 17.3. The summed E-state index contributed by atoms with van der Waals surface area (Å²) in [7, 11) is 0. The largest absolute Gasteiger partial charge is 0.479 e. The molecule has 3 rings (SSSR count). The summed E-state index contributed by atoms with van der Waals surface area (Å²) in [6.45, 7) is 0.704. The van der Waals surface area contributed by atoms with Crippen molar-refractivity contribution in [2.24, 2.45) is 0 Å². The molecule has 1 aromatic heterocycles. The minimum Gasteiger partial charge on any atom is -0.479 e. The third kappa shape index (κ3) is 3.43. The first-order valence-electron chi connectivity index (χ1n) is 7.62. The monoisotopic (exact) mass is 337 g/mol. The molecular formula is C16H17F2N3O3. The van der Waals surface area contributed by atoms with Crippen molar-refractivity contribution in [1.29, 1.82) is 0 Å². The van der Waals surface area contributed by atoms with E-state index >= 15 is 0 Å². The molecule has 1 unspecified atom stereocenters. The Labute approximate surface area is 137 Å². The van der Waals surface area contributed by atoms with Crippen molar-refractivity contribution in [1.82, 2.24) is 15.0 Å². The Kier molecular flexibility index (Phi) is 4.57. The number of hydrogen-bond donors (Lipinski definition) is 1. The lowest BCUT2D eigenvalue weighted by atomic mass is 9.95. The second-order valence-corrected chi connectivity index (χ2v) is 5.88. The van der Waals surface area contributed by atoms with Gasteiger partial charge in [-0.3, -0.25) is 0 Å². The van der Waals surface area contributed by atoms with Crippen molar-refractivity contribution in [3.63, 3.8) is 0 Å². The minimum absolute atomic E-state index is 0.0444. The predicted octanol–water partition coefficient (Wildman–Crippen LogP) is 2.44. The molecule has 0 amide bonds. The first-order chi connectivity index (χ1) is 11.5. The fraction of sp³-hybridized carbons (Fsp3) is 0.438. The Balaban J connectivity index is 1.72. The molecule has 0 saturated carbocycles. The third-order valence-electron chi connectivity index (χ3n) is 4.09. The average Bonchev–Trinajstić information content (AvgIpc) is 3.18.